The first-order valence-electron chi connectivity index (χ1n) is 8.71. The molecule has 1 aliphatic heterocycles. The van der Waals surface area contributed by atoms with Crippen molar-refractivity contribution in [1.82, 2.24) is 10.2 Å². The maximum Gasteiger partial charge on any atom is 0.231 e. The quantitative estimate of drug-likeness (QED) is 0.443. The number of hydrogen-bond acceptors (Lipinski definition) is 6. The van der Waals surface area contributed by atoms with E-state index in [0.29, 0.717) is 11.7 Å². The highest BCUT2D eigenvalue weighted by Crippen LogP contribution is 2.30. The average molecular weight is 391 g/mol. The van der Waals surface area contributed by atoms with Crippen molar-refractivity contribution in [3.63, 3.8) is 0 Å². The zero-order valence-electron chi connectivity index (χ0n) is 14.9. The smallest absolute Gasteiger partial charge is 0.231 e. The average Bonchev–Trinajstić information content (AvgIpc) is 3.22. The summed E-state index contributed by atoms with van der Waals surface area (Å²) in [5, 5.41) is 11.4. The molecule has 0 aliphatic carbocycles. The lowest BCUT2D eigenvalue weighted by Crippen LogP contribution is -2.28. The zero-order chi connectivity index (χ0) is 18.5. The number of thioether (sulfide) groups is 1. The van der Waals surface area contributed by atoms with Crippen LogP contribution in [0.15, 0.2) is 28.6 Å². The Morgan fingerprint density at radius 2 is 2.19 bits per heavy atom. The second-order valence-corrected chi connectivity index (χ2v) is 8.58. The van der Waals surface area contributed by atoms with Crippen LogP contribution >= 0.6 is 23.1 Å². The maximum atomic E-state index is 12.5. The fourth-order valence-corrected chi connectivity index (χ4v) is 4.72. The molecule has 138 valence electrons. The van der Waals surface area contributed by atoms with Crippen LogP contribution in [-0.2, 0) is 9.59 Å². The fraction of sp³-hybridized carbons (Fsp3) is 0.444. The van der Waals surface area contributed by atoms with E-state index in [1.54, 1.807) is 16.7 Å². The van der Waals surface area contributed by atoms with Gasteiger partial charge in [-0.05, 0) is 25.0 Å². The molecule has 1 saturated heterocycles. The SMILES string of the molecule is CCCCSc1nnc(NC(=O)[C@@H]2CC(=O)N(c3ccccc3C)C2)s1. The molecule has 0 spiro atoms. The summed E-state index contributed by atoms with van der Waals surface area (Å²) in [5.74, 6) is 0.437. The van der Waals surface area contributed by atoms with Gasteiger partial charge in [0.15, 0.2) is 4.34 Å². The number of rotatable bonds is 7. The minimum Gasteiger partial charge on any atom is -0.311 e. The molecule has 1 atom stereocenters. The molecule has 1 N–H and O–H groups in total. The van der Waals surface area contributed by atoms with Crippen LogP contribution in [0, 0.1) is 12.8 Å². The van der Waals surface area contributed by atoms with E-state index in [1.807, 2.05) is 31.2 Å². The number of carbonyl (C=O) groups excluding carboxylic acids is 2. The lowest BCUT2D eigenvalue weighted by atomic mass is 10.1. The van der Waals surface area contributed by atoms with Crippen molar-refractivity contribution in [2.75, 3.05) is 22.5 Å². The van der Waals surface area contributed by atoms with E-state index in [1.165, 1.54) is 11.3 Å². The Morgan fingerprint density at radius 1 is 1.38 bits per heavy atom. The summed E-state index contributed by atoms with van der Waals surface area (Å²) in [6, 6.07) is 7.73. The number of hydrogen-bond donors (Lipinski definition) is 1. The molecule has 1 aliphatic rings. The molecule has 1 fully saturated rings. The number of aromatic nitrogens is 2. The molecule has 6 nitrogen and oxygen atoms in total. The Bertz CT molecular complexity index is 793. The second kappa shape index (κ2) is 8.64. The number of nitrogens with one attached hydrogen (secondary N) is 1. The molecule has 2 amide bonds. The van der Waals surface area contributed by atoms with E-state index < -0.39 is 0 Å². The first kappa shape index (κ1) is 18.8. The van der Waals surface area contributed by atoms with E-state index >= 15 is 0 Å². The highest BCUT2D eigenvalue weighted by atomic mass is 32.2. The lowest BCUT2D eigenvalue weighted by molar-refractivity contribution is -0.122. The minimum atomic E-state index is -0.373. The summed E-state index contributed by atoms with van der Waals surface area (Å²) < 4.78 is 0.859. The van der Waals surface area contributed by atoms with Crippen LogP contribution in [0.2, 0.25) is 0 Å². The third-order valence-electron chi connectivity index (χ3n) is 4.26. The van der Waals surface area contributed by atoms with Crippen LogP contribution in [0.4, 0.5) is 10.8 Å². The molecular weight excluding hydrogens is 368 g/mol. The van der Waals surface area contributed by atoms with Crippen molar-refractivity contribution < 1.29 is 9.59 Å². The highest BCUT2D eigenvalue weighted by molar-refractivity contribution is 8.01. The predicted molar refractivity (Wildman–Crippen MR) is 106 cm³/mol. The molecule has 3 rings (SSSR count). The van der Waals surface area contributed by atoms with Gasteiger partial charge in [-0.1, -0.05) is 54.6 Å². The molecule has 2 aromatic rings. The van der Waals surface area contributed by atoms with E-state index in [2.05, 4.69) is 22.4 Å². The van der Waals surface area contributed by atoms with E-state index in [9.17, 15) is 9.59 Å². The number of carbonyl (C=O) groups is 2. The molecule has 1 aromatic heterocycles. The zero-order valence-corrected chi connectivity index (χ0v) is 16.5. The largest absolute Gasteiger partial charge is 0.311 e. The number of unbranched alkanes of at least 4 members (excludes halogenated alkanes) is 1. The summed E-state index contributed by atoms with van der Waals surface area (Å²) in [6.45, 7) is 4.51. The molecule has 1 aromatic carbocycles. The minimum absolute atomic E-state index is 0.0208. The standard InChI is InChI=1S/C18H22N4O2S2/c1-3-4-9-25-18-21-20-17(26-18)19-16(24)13-10-15(23)22(11-13)14-8-6-5-7-12(14)2/h5-8,13H,3-4,9-11H2,1-2H3,(H,19,20,24)/t13-/m1/s1. The Labute approximate surface area is 161 Å². The van der Waals surface area contributed by atoms with Crippen LogP contribution < -0.4 is 10.2 Å². The van der Waals surface area contributed by atoms with Gasteiger partial charge >= 0.3 is 0 Å². The Kier molecular flexibility index (Phi) is 6.26. The van der Waals surface area contributed by atoms with Gasteiger partial charge in [-0.15, -0.1) is 10.2 Å². The summed E-state index contributed by atoms with van der Waals surface area (Å²) in [7, 11) is 0. The summed E-state index contributed by atoms with van der Waals surface area (Å²) in [5.41, 5.74) is 1.90. The molecule has 0 unspecified atom stereocenters. The van der Waals surface area contributed by atoms with E-state index in [-0.39, 0.29) is 24.2 Å². The van der Waals surface area contributed by atoms with Gasteiger partial charge in [0.1, 0.15) is 0 Å². The van der Waals surface area contributed by atoms with Gasteiger partial charge in [0.05, 0.1) is 5.92 Å². The molecule has 0 radical (unpaired) electrons. The van der Waals surface area contributed by atoms with E-state index in [0.717, 1.165) is 34.2 Å². The van der Waals surface area contributed by atoms with Crippen LogP contribution in [-0.4, -0.2) is 34.3 Å². The number of para-hydroxylation sites is 1. The predicted octanol–water partition coefficient (Wildman–Crippen LogP) is 3.73. The van der Waals surface area contributed by atoms with Crippen molar-refractivity contribution in [2.45, 2.75) is 37.4 Å². The van der Waals surface area contributed by atoms with Gasteiger partial charge in [-0.25, -0.2) is 0 Å². The monoisotopic (exact) mass is 390 g/mol. The Balaban J connectivity index is 1.59. The summed E-state index contributed by atoms with van der Waals surface area (Å²) in [6.07, 6.45) is 2.49. The third kappa shape index (κ3) is 4.42. The van der Waals surface area contributed by atoms with Gasteiger partial charge in [0, 0.05) is 24.4 Å². The van der Waals surface area contributed by atoms with Crippen molar-refractivity contribution in [3.05, 3.63) is 29.8 Å². The van der Waals surface area contributed by atoms with Gasteiger partial charge in [-0.3, -0.25) is 9.59 Å². The molecule has 8 heteroatoms. The van der Waals surface area contributed by atoms with E-state index in [4.69, 9.17) is 0 Å². The molecule has 26 heavy (non-hydrogen) atoms. The number of aryl methyl sites for hydroxylation is 1. The van der Waals surface area contributed by atoms with Crippen LogP contribution in [0.1, 0.15) is 31.7 Å². The Hall–Kier alpha value is -1.93. The first-order valence-corrected chi connectivity index (χ1v) is 10.5. The van der Waals surface area contributed by atoms with Crippen LogP contribution in [0.25, 0.3) is 0 Å². The van der Waals surface area contributed by atoms with Crippen molar-refractivity contribution in [2.24, 2.45) is 5.92 Å². The Morgan fingerprint density at radius 3 is 2.96 bits per heavy atom. The number of benzene rings is 1. The first-order chi connectivity index (χ1) is 12.6. The fourth-order valence-electron chi connectivity index (χ4n) is 2.81. The van der Waals surface area contributed by atoms with Crippen molar-refractivity contribution >= 4 is 45.7 Å². The normalized spacial score (nSPS) is 16.9. The van der Waals surface area contributed by atoms with Crippen LogP contribution in [0.3, 0.4) is 0 Å². The molecule has 2 heterocycles. The van der Waals surface area contributed by atoms with Gasteiger partial charge in [0.25, 0.3) is 0 Å². The van der Waals surface area contributed by atoms with Crippen LogP contribution in [0.5, 0.6) is 0 Å². The maximum absolute atomic E-state index is 12.5. The lowest BCUT2D eigenvalue weighted by Gasteiger charge is -2.18. The second-order valence-electron chi connectivity index (χ2n) is 6.26. The van der Waals surface area contributed by atoms with Gasteiger partial charge < -0.3 is 10.2 Å². The molecule has 0 saturated carbocycles. The van der Waals surface area contributed by atoms with Gasteiger partial charge in [0.2, 0.25) is 16.9 Å². The number of amides is 2. The number of nitrogens with zero attached hydrogens (tertiary/aromatic N) is 3. The number of anilines is 2. The molecule has 0 bridgehead atoms. The molecular formula is C18H22N4O2S2. The summed E-state index contributed by atoms with van der Waals surface area (Å²) in [4.78, 5) is 26.6. The summed E-state index contributed by atoms with van der Waals surface area (Å²) >= 11 is 3.04. The topological polar surface area (TPSA) is 75.2 Å². The van der Waals surface area contributed by atoms with Crippen molar-refractivity contribution in [1.29, 1.82) is 0 Å². The third-order valence-corrected chi connectivity index (χ3v) is 6.32. The highest BCUT2D eigenvalue weighted by Gasteiger charge is 2.35. The van der Waals surface area contributed by atoms with Gasteiger partial charge in [-0.2, -0.15) is 0 Å². The van der Waals surface area contributed by atoms with Crippen molar-refractivity contribution in [3.8, 4) is 0 Å².